The summed E-state index contributed by atoms with van der Waals surface area (Å²) in [6, 6.07) is -1.21. The molecule has 12 heavy (non-hydrogen) atoms. The molecule has 0 bridgehead atoms. The van der Waals surface area contributed by atoms with Gasteiger partial charge in [0.15, 0.2) is 6.04 Å². The number of hydrogen-bond acceptors (Lipinski definition) is 4. The van der Waals surface area contributed by atoms with Crippen LogP contribution in [0.3, 0.4) is 0 Å². The van der Waals surface area contributed by atoms with Gasteiger partial charge in [0.05, 0.1) is 0 Å². The third kappa shape index (κ3) is 4.19. The Morgan fingerprint density at radius 1 is 1.58 bits per heavy atom. The molecule has 0 aromatic heterocycles. The van der Waals surface area contributed by atoms with Crippen molar-refractivity contribution in [2.24, 2.45) is 10.7 Å². The van der Waals surface area contributed by atoms with Crippen molar-refractivity contribution in [1.29, 1.82) is 0 Å². The predicted molar refractivity (Wildman–Crippen MR) is 38.0 cm³/mol. The number of isocyanates is 1. The van der Waals surface area contributed by atoms with Gasteiger partial charge in [0.25, 0.3) is 0 Å². The molecular weight excluding hydrogens is 164 g/mol. The molecule has 3 N–H and O–H groups in total. The standard InChI is InChI=1S/C6H8N2O4/c7-5(10)2-1-4(6(11)12)8-3-9/h4H,1-2H2,(H2,7,10)(H,11,12)/t4-/m0/s1. The van der Waals surface area contributed by atoms with Gasteiger partial charge in [-0.15, -0.1) is 0 Å². The van der Waals surface area contributed by atoms with Gasteiger partial charge >= 0.3 is 5.97 Å². The number of amides is 1. The largest absolute Gasteiger partial charge is 0.480 e. The van der Waals surface area contributed by atoms with Crippen molar-refractivity contribution in [3.63, 3.8) is 0 Å². The first kappa shape index (κ1) is 10.3. The van der Waals surface area contributed by atoms with Crippen molar-refractivity contribution in [3.05, 3.63) is 0 Å². The molecule has 0 saturated carbocycles. The van der Waals surface area contributed by atoms with E-state index in [2.05, 4.69) is 4.99 Å². The molecule has 0 spiro atoms. The number of carbonyl (C=O) groups excluding carboxylic acids is 2. The number of primary amides is 1. The second kappa shape index (κ2) is 5.03. The maximum absolute atomic E-state index is 10.3. The number of nitrogens with zero attached hydrogens (tertiary/aromatic N) is 1. The molecule has 0 rings (SSSR count). The first-order chi connectivity index (χ1) is 5.57. The van der Waals surface area contributed by atoms with Gasteiger partial charge in [-0.25, -0.2) is 9.59 Å². The fourth-order valence-electron chi connectivity index (χ4n) is 0.586. The highest BCUT2D eigenvalue weighted by atomic mass is 16.4. The molecule has 0 aliphatic carbocycles. The normalized spacial score (nSPS) is 11.3. The van der Waals surface area contributed by atoms with E-state index in [1.54, 1.807) is 0 Å². The summed E-state index contributed by atoms with van der Waals surface area (Å²) in [6.07, 6.45) is 0.936. The smallest absolute Gasteiger partial charge is 0.329 e. The van der Waals surface area contributed by atoms with Crippen LogP contribution in [0.4, 0.5) is 0 Å². The van der Waals surface area contributed by atoms with Crippen LogP contribution in [0.1, 0.15) is 12.8 Å². The number of hydrogen-bond donors (Lipinski definition) is 2. The Bertz CT molecular complexity index is 230. The molecule has 0 saturated heterocycles. The maximum Gasteiger partial charge on any atom is 0.329 e. The lowest BCUT2D eigenvalue weighted by atomic mass is 10.1. The zero-order valence-electron chi connectivity index (χ0n) is 6.19. The van der Waals surface area contributed by atoms with Crippen LogP contribution in [0.2, 0.25) is 0 Å². The van der Waals surface area contributed by atoms with Crippen LogP contribution < -0.4 is 5.73 Å². The summed E-state index contributed by atoms with van der Waals surface area (Å²) in [4.78, 5) is 33.2. The molecule has 6 nitrogen and oxygen atoms in total. The van der Waals surface area contributed by atoms with Gasteiger partial charge in [-0.3, -0.25) is 4.79 Å². The van der Waals surface area contributed by atoms with Crippen LogP contribution in [0.15, 0.2) is 4.99 Å². The summed E-state index contributed by atoms with van der Waals surface area (Å²) in [6.45, 7) is 0. The number of carboxylic acid groups (broad SMARTS) is 1. The van der Waals surface area contributed by atoms with Crippen molar-refractivity contribution in [3.8, 4) is 0 Å². The van der Waals surface area contributed by atoms with Crippen LogP contribution in [-0.4, -0.2) is 29.1 Å². The van der Waals surface area contributed by atoms with E-state index in [-0.39, 0.29) is 12.8 Å². The fraction of sp³-hybridized carbons (Fsp3) is 0.500. The van der Waals surface area contributed by atoms with Crippen molar-refractivity contribution in [2.45, 2.75) is 18.9 Å². The molecule has 0 aromatic carbocycles. The predicted octanol–water partition coefficient (Wildman–Crippen LogP) is -0.959. The van der Waals surface area contributed by atoms with Gasteiger partial charge in [0, 0.05) is 6.42 Å². The highest BCUT2D eigenvalue weighted by Crippen LogP contribution is 2.00. The lowest BCUT2D eigenvalue weighted by molar-refractivity contribution is -0.138. The first-order valence-electron chi connectivity index (χ1n) is 3.16. The van der Waals surface area contributed by atoms with Gasteiger partial charge in [0.2, 0.25) is 12.0 Å². The highest BCUT2D eigenvalue weighted by Gasteiger charge is 2.16. The monoisotopic (exact) mass is 172 g/mol. The minimum atomic E-state index is -1.26. The number of rotatable bonds is 5. The van der Waals surface area contributed by atoms with Crippen LogP contribution in [0.25, 0.3) is 0 Å². The molecule has 0 aliphatic heterocycles. The Balaban J connectivity index is 4.05. The minimum Gasteiger partial charge on any atom is -0.480 e. The minimum absolute atomic E-state index is 0.0695. The third-order valence-corrected chi connectivity index (χ3v) is 1.16. The summed E-state index contributed by atoms with van der Waals surface area (Å²) < 4.78 is 0. The van der Waals surface area contributed by atoms with E-state index < -0.39 is 17.9 Å². The third-order valence-electron chi connectivity index (χ3n) is 1.16. The Kier molecular flexibility index (Phi) is 4.33. The number of nitrogens with two attached hydrogens (primary N) is 1. The molecule has 6 heteroatoms. The lowest BCUT2D eigenvalue weighted by Gasteiger charge is -2.01. The molecule has 0 aromatic rings. The molecule has 0 aliphatic rings. The Labute approximate surface area is 68.1 Å². The van der Waals surface area contributed by atoms with E-state index in [9.17, 15) is 14.4 Å². The molecule has 0 unspecified atom stereocenters. The van der Waals surface area contributed by atoms with Crippen LogP contribution in [0.5, 0.6) is 0 Å². The Hall–Kier alpha value is -1.68. The number of carboxylic acids is 1. The Morgan fingerprint density at radius 2 is 2.17 bits per heavy atom. The van der Waals surface area contributed by atoms with E-state index in [0.717, 1.165) is 6.08 Å². The molecular formula is C6H8N2O4. The summed E-state index contributed by atoms with van der Waals surface area (Å²) in [5, 5.41) is 8.39. The van der Waals surface area contributed by atoms with Crippen LogP contribution >= 0.6 is 0 Å². The van der Waals surface area contributed by atoms with E-state index in [1.165, 1.54) is 0 Å². The van der Waals surface area contributed by atoms with E-state index in [4.69, 9.17) is 10.8 Å². The zero-order valence-corrected chi connectivity index (χ0v) is 6.19. The molecule has 1 amide bonds. The van der Waals surface area contributed by atoms with Crippen LogP contribution in [-0.2, 0) is 14.4 Å². The molecule has 0 fully saturated rings. The van der Waals surface area contributed by atoms with Gasteiger partial charge in [-0.1, -0.05) is 0 Å². The van der Waals surface area contributed by atoms with Gasteiger partial charge in [-0.05, 0) is 6.42 Å². The van der Waals surface area contributed by atoms with Crippen molar-refractivity contribution in [1.82, 2.24) is 0 Å². The summed E-state index contributed by atoms with van der Waals surface area (Å²) in [5.41, 5.74) is 4.76. The molecule has 66 valence electrons. The summed E-state index contributed by atoms with van der Waals surface area (Å²) >= 11 is 0. The SMILES string of the molecule is NC(=O)CC[C@H](N=C=O)C(=O)O. The summed E-state index contributed by atoms with van der Waals surface area (Å²) in [7, 11) is 0. The topological polar surface area (TPSA) is 110 Å². The van der Waals surface area contributed by atoms with Crippen LogP contribution in [0, 0.1) is 0 Å². The zero-order chi connectivity index (χ0) is 9.56. The second-order valence-corrected chi connectivity index (χ2v) is 2.08. The first-order valence-corrected chi connectivity index (χ1v) is 3.16. The van der Waals surface area contributed by atoms with Gasteiger partial charge < -0.3 is 10.8 Å². The van der Waals surface area contributed by atoms with Crippen molar-refractivity contribution < 1.29 is 19.5 Å². The molecule has 1 atom stereocenters. The van der Waals surface area contributed by atoms with Gasteiger partial charge in [-0.2, -0.15) is 4.99 Å². The summed E-state index contributed by atoms with van der Waals surface area (Å²) in [5.74, 6) is -1.89. The second-order valence-electron chi connectivity index (χ2n) is 2.08. The van der Waals surface area contributed by atoms with E-state index in [0.29, 0.717) is 0 Å². The number of carbonyl (C=O) groups is 2. The lowest BCUT2D eigenvalue weighted by Crippen LogP contribution is -2.21. The number of aliphatic imine (C=N–C) groups is 1. The van der Waals surface area contributed by atoms with Crippen molar-refractivity contribution in [2.75, 3.05) is 0 Å². The quantitative estimate of drug-likeness (QED) is 0.411. The van der Waals surface area contributed by atoms with E-state index in [1.807, 2.05) is 0 Å². The maximum atomic E-state index is 10.3. The van der Waals surface area contributed by atoms with Crippen molar-refractivity contribution >= 4 is 18.0 Å². The Morgan fingerprint density at radius 3 is 2.50 bits per heavy atom. The number of aliphatic carboxylic acids is 1. The average Bonchev–Trinajstić information content (AvgIpc) is 1.96. The van der Waals surface area contributed by atoms with Gasteiger partial charge in [0.1, 0.15) is 0 Å². The average molecular weight is 172 g/mol. The van der Waals surface area contributed by atoms with E-state index >= 15 is 0 Å². The molecule has 0 heterocycles. The molecule has 0 radical (unpaired) electrons. The highest BCUT2D eigenvalue weighted by molar-refractivity contribution is 5.77. The fourth-order valence-corrected chi connectivity index (χ4v) is 0.586.